The molecule has 0 aliphatic heterocycles. The topological polar surface area (TPSA) is 46.2 Å². The number of nitrogens with two attached hydrogens (primary N) is 1. The zero-order valence-corrected chi connectivity index (χ0v) is 9.50. The van der Waals surface area contributed by atoms with Crippen LogP contribution in [0, 0.1) is 0 Å². The van der Waals surface area contributed by atoms with Crippen LogP contribution in [0.3, 0.4) is 0 Å². The number of phenols is 1. The van der Waals surface area contributed by atoms with Crippen LogP contribution in [0.15, 0.2) is 35.3 Å². The van der Waals surface area contributed by atoms with Crippen molar-refractivity contribution in [2.75, 3.05) is 0 Å². The molecule has 0 radical (unpaired) electrons. The van der Waals surface area contributed by atoms with Crippen molar-refractivity contribution in [3.8, 4) is 5.75 Å². The second-order valence-corrected chi connectivity index (χ2v) is 4.03. The van der Waals surface area contributed by atoms with Crippen LogP contribution >= 0.6 is 15.9 Å². The Kier molecular flexibility index (Phi) is 4.17. The summed E-state index contributed by atoms with van der Waals surface area (Å²) >= 11 is 3.41. The zero-order valence-electron chi connectivity index (χ0n) is 7.91. The van der Waals surface area contributed by atoms with E-state index in [-0.39, 0.29) is 11.8 Å². The minimum atomic E-state index is -0.0607. The minimum absolute atomic E-state index is 0.0607. The monoisotopic (exact) mass is 255 g/mol. The van der Waals surface area contributed by atoms with Gasteiger partial charge >= 0.3 is 0 Å². The summed E-state index contributed by atoms with van der Waals surface area (Å²) in [5, 5.41) is 9.32. The van der Waals surface area contributed by atoms with E-state index in [1.165, 1.54) is 0 Å². The highest BCUT2D eigenvalue weighted by atomic mass is 79.9. The van der Waals surface area contributed by atoms with Gasteiger partial charge in [-0.05, 0) is 36.6 Å². The summed E-state index contributed by atoms with van der Waals surface area (Å²) in [4.78, 5) is 0. The summed E-state index contributed by atoms with van der Waals surface area (Å²) in [6.07, 6.45) is 3.56. The minimum Gasteiger partial charge on any atom is -0.508 e. The Labute approximate surface area is 92.6 Å². The van der Waals surface area contributed by atoms with Gasteiger partial charge < -0.3 is 10.8 Å². The molecular weight excluding hydrogens is 242 g/mol. The maximum absolute atomic E-state index is 9.32. The Morgan fingerprint density at radius 1 is 1.57 bits per heavy atom. The van der Waals surface area contributed by atoms with E-state index >= 15 is 0 Å². The van der Waals surface area contributed by atoms with Crippen LogP contribution in [0.5, 0.6) is 5.75 Å². The number of aromatic hydroxyl groups is 1. The average molecular weight is 256 g/mol. The van der Waals surface area contributed by atoms with E-state index in [1.54, 1.807) is 18.2 Å². The fourth-order valence-electron chi connectivity index (χ4n) is 1.27. The van der Waals surface area contributed by atoms with Crippen LogP contribution in [0.4, 0.5) is 0 Å². The molecule has 3 heteroatoms. The van der Waals surface area contributed by atoms with Gasteiger partial charge in [0.05, 0.1) is 0 Å². The maximum Gasteiger partial charge on any atom is 0.115 e. The fraction of sp³-hybridized carbons (Fsp3) is 0.273. The number of rotatable bonds is 4. The summed E-state index contributed by atoms with van der Waals surface area (Å²) in [7, 11) is 0. The van der Waals surface area contributed by atoms with Gasteiger partial charge in [0.2, 0.25) is 0 Å². The Balaban J connectivity index is 2.82. The lowest BCUT2D eigenvalue weighted by Gasteiger charge is -2.13. The third-order valence-corrected chi connectivity index (χ3v) is 2.78. The van der Waals surface area contributed by atoms with Gasteiger partial charge in [-0.15, -0.1) is 6.58 Å². The summed E-state index contributed by atoms with van der Waals surface area (Å²) < 4.78 is 0.937. The van der Waals surface area contributed by atoms with Gasteiger partial charge in [-0.1, -0.05) is 22.0 Å². The molecule has 1 rings (SSSR count). The SMILES string of the molecule is C=CCC[C@@H](N)c1cc(O)ccc1Br. The molecule has 3 N–H and O–H groups in total. The van der Waals surface area contributed by atoms with Crippen LogP contribution in [0.25, 0.3) is 0 Å². The quantitative estimate of drug-likeness (QED) is 0.813. The third-order valence-electron chi connectivity index (χ3n) is 2.06. The largest absolute Gasteiger partial charge is 0.508 e. The molecule has 0 heterocycles. The van der Waals surface area contributed by atoms with Gasteiger partial charge in [-0.3, -0.25) is 0 Å². The molecule has 0 aliphatic carbocycles. The lowest BCUT2D eigenvalue weighted by molar-refractivity contribution is 0.473. The molecule has 14 heavy (non-hydrogen) atoms. The highest BCUT2D eigenvalue weighted by Crippen LogP contribution is 2.28. The molecule has 1 aromatic rings. The first-order chi connectivity index (χ1) is 6.65. The molecular formula is C11H14BrNO. The Morgan fingerprint density at radius 3 is 2.93 bits per heavy atom. The molecule has 0 aromatic heterocycles. The van der Waals surface area contributed by atoms with Crippen molar-refractivity contribution in [3.63, 3.8) is 0 Å². The van der Waals surface area contributed by atoms with Crippen molar-refractivity contribution in [2.45, 2.75) is 18.9 Å². The van der Waals surface area contributed by atoms with Crippen LogP contribution < -0.4 is 5.73 Å². The molecule has 0 spiro atoms. The Morgan fingerprint density at radius 2 is 2.29 bits per heavy atom. The summed E-state index contributed by atoms with van der Waals surface area (Å²) in [6.45, 7) is 3.65. The molecule has 1 atom stereocenters. The first-order valence-corrected chi connectivity index (χ1v) is 5.29. The van der Waals surface area contributed by atoms with Crippen LogP contribution in [-0.2, 0) is 0 Å². The molecule has 0 fully saturated rings. The maximum atomic E-state index is 9.32. The van der Waals surface area contributed by atoms with E-state index < -0.39 is 0 Å². The normalized spacial score (nSPS) is 12.4. The predicted octanol–water partition coefficient (Wildman–Crippen LogP) is 3.12. The molecule has 0 saturated heterocycles. The molecule has 1 aromatic carbocycles. The number of hydrogen-bond acceptors (Lipinski definition) is 2. The summed E-state index contributed by atoms with van der Waals surface area (Å²) in [5.74, 6) is 0.247. The summed E-state index contributed by atoms with van der Waals surface area (Å²) in [6, 6.07) is 5.07. The van der Waals surface area contributed by atoms with E-state index in [9.17, 15) is 5.11 Å². The van der Waals surface area contributed by atoms with Crippen molar-refractivity contribution in [1.29, 1.82) is 0 Å². The second-order valence-electron chi connectivity index (χ2n) is 3.18. The molecule has 2 nitrogen and oxygen atoms in total. The fourth-order valence-corrected chi connectivity index (χ4v) is 1.81. The van der Waals surface area contributed by atoms with E-state index in [0.29, 0.717) is 0 Å². The molecule has 0 aliphatic rings. The van der Waals surface area contributed by atoms with Crippen LogP contribution in [0.2, 0.25) is 0 Å². The van der Waals surface area contributed by atoms with Gasteiger partial charge in [-0.25, -0.2) is 0 Å². The zero-order chi connectivity index (χ0) is 10.6. The third kappa shape index (κ3) is 2.86. The van der Waals surface area contributed by atoms with Gasteiger partial charge in [-0.2, -0.15) is 0 Å². The number of allylic oxidation sites excluding steroid dienone is 1. The molecule has 0 bridgehead atoms. The smallest absolute Gasteiger partial charge is 0.115 e. The number of hydrogen-bond donors (Lipinski definition) is 2. The summed E-state index contributed by atoms with van der Waals surface area (Å²) in [5.41, 5.74) is 6.90. The van der Waals surface area contributed by atoms with Crippen LogP contribution in [0.1, 0.15) is 24.4 Å². The highest BCUT2D eigenvalue weighted by Gasteiger charge is 2.09. The number of halogens is 1. The highest BCUT2D eigenvalue weighted by molar-refractivity contribution is 9.10. The van der Waals surface area contributed by atoms with Crippen molar-refractivity contribution >= 4 is 15.9 Å². The lowest BCUT2D eigenvalue weighted by atomic mass is 10.0. The van der Waals surface area contributed by atoms with Crippen molar-refractivity contribution in [3.05, 3.63) is 40.9 Å². The van der Waals surface area contributed by atoms with Crippen molar-refractivity contribution in [2.24, 2.45) is 5.73 Å². The second kappa shape index (κ2) is 5.17. The van der Waals surface area contributed by atoms with E-state index in [1.807, 2.05) is 6.08 Å². The number of benzene rings is 1. The lowest BCUT2D eigenvalue weighted by Crippen LogP contribution is -2.10. The molecule has 0 unspecified atom stereocenters. The van der Waals surface area contributed by atoms with Crippen LogP contribution in [-0.4, -0.2) is 5.11 Å². The molecule has 0 amide bonds. The van der Waals surface area contributed by atoms with Crippen molar-refractivity contribution < 1.29 is 5.11 Å². The van der Waals surface area contributed by atoms with Gasteiger partial charge in [0.1, 0.15) is 5.75 Å². The van der Waals surface area contributed by atoms with Gasteiger partial charge in [0, 0.05) is 10.5 Å². The average Bonchev–Trinajstić information content (AvgIpc) is 2.18. The molecule has 0 saturated carbocycles. The van der Waals surface area contributed by atoms with Gasteiger partial charge in [0.25, 0.3) is 0 Å². The van der Waals surface area contributed by atoms with E-state index in [4.69, 9.17) is 5.73 Å². The Bertz CT molecular complexity index is 325. The predicted molar refractivity (Wildman–Crippen MR) is 62.2 cm³/mol. The first kappa shape index (κ1) is 11.3. The van der Waals surface area contributed by atoms with E-state index in [0.717, 1.165) is 22.9 Å². The van der Waals surface area contributed by atoms with Gasteiger partial charge in [0.15, 0.2) is 0 Å². The van der Waals surface area contributed by atoms with Crippen molar-refractivity contribution in [1.82, 2.24) is 0 Å². The first-order valence-electron chi connectivity index (χ1n) is 4.50. The number of phenolic OH excluding ortho intramolecular Hbond substituents is 1. The Hall–Kier alpha value is -0.800. The molecule has 76 valence electrons. The standard InChI is InChI=1S/C11H14BrNO/c1-2-3-4-11(13)9-7-8(14)5-6-10(9)12/h2,5-7,11,14H,1,3-4,13H2/t11-/m1/s1. The van der Waals surface area contributed by atoms with E-state index in [2.05, 4.69) is 22.5 Å².